The molecule has 0 aromatic heterocycles. The Morgan fingerprint density at radius 2 is 0.727 bits per heavy atom. The van der Waals surface area contributed by atoms with Crippen LogP contribution in [-0.2, 0) is 0 Å². The predicted molar refractivity (Wildman–Crippen MR) is 237 cm³/mol. The normalized spacial score (nSPS) is 11.6. The maximum absolute atomic E-state index is 2.41. The van der Waals surface area contributed by atoms with Crippen molar-refractivity contribution in [1.82, 2.24) is 0 Å². The van der Waals surface area contributed by atoms with Gasteiger partial charge in [-0.05, 0) is 130 Å². The van der Waals surface area contributed by atoms with Crippen LogP contribution < -0.4 is 4.90 Å². The van der Waals surface area contributed by atoms with E-state index in [9.17, 15) is 0 Å². The third-order valence-corrected chi connectivity index (χ3v) is 11.4. The van der Waals surface area contributed by atoms with E-state index in [2.05, 4.69) is 217 Å². The molecular weight excluding hydrogens is 663 g/mol. The van der Waals surface area contributed by atoms with Crippen LogP contribution in [0.15, 0.2) is 212 Å². The van der Waals surface area contributed by atoms with Crippen molar-refractivity contribution in [2.75, 3.05) is 4.90 Å². The SMILES string of the molecule is c1ccc2cc(-c3cc4cc(-c5ccc(N(c6ccc7ccccc7c6)c6cccc7ccccc67)cc5)c5ccccc5c4c4ccccc34)ccc2c1. The predicted octanol–water partition coefficient (Wildman–Crippen LogP) is 15.4. The molecule has 55 heavy (non-hydrogen) atoms. The van der Waals surface area contributed by atoms with E-state index in [1.807, 2.05) is 0 Å². The number of fused-ring (bicyclic) bond motifs is 8. The zero-order valence-corrected chi connectivity index (χ0v) is 30.2. The minimum absolute atomic E-state index is 1.12. The van der Waals surface area contributed by atoms with Crippen molar-refractivity contribution in [3.05, 3.63) is 212 Å². The summed E-state index contributed by atoms with van der Waals surface area (Å²) in [6.07, 6.45) is 0. The first-order valence-electron chi connectivity index (χ1n) is 19.0. The van der Waals surface area contributed by atoms with Crippen LogP contribution in [0.1, 0.15) is 0 Å². The van der Waals surface area contributed by atoms with Gasteiger partial charge in [-0.15, -0.1) is 0 Å². The summed E-state index contributed by atoms with van der Waals surface area (Å²) in [6.45, 7) is 0. The number of nitrogens with zero attached hydrogens (tertiary/aromatic N) is 1. The van der Waals surface area contributed by atoms with Crippen LogP contribution in [0.3, 0.4) is 0 Å². The van der Waals surface area contributed by atoms with Crippen molar-refractivity contribution < 1.29 is 0 Å². The molecule has 0 aliphatic rings. The molecular formula is C54H35N. The van der Waals surface area contributed by atoms with Gasteiger partial charge in [-0.3, -0.25) is 0 Å². The second-order valence-electron chi connectivity index (χ2n) is 14.5. The number of anilines is 3. The summed E-state index contributed by atoms with van der Waals surface area (Å²) in [5.74, 6) is 0. The highest BCUT2D eigenvalue weighted by atomic mass is 15.1. The minimum atomic E-state index is 1.12. The average Bonchev–Trinajstić information content (AvgIpc) is 3.26. The molecule has 11 aromatic rings. The Hall–Kier alpha value is -7.22. The fourth-order valence-corrected chi connectivity index (χ4v) is 8.75. The molecule has 0 spiro atoms. The van der Waals surface area contributed by atoms with E-state index in [1.165, 1.54) is 86.9 Å². The Bertz CT molecular complexity index is 3260. The zero-order chi connectivity index (χ0) is 36.3. The Labute approximate surface area is 320 Å². The largest absolute Gasteiger partial charge is 0.310 e. The summed E-state index contributed by atoms with van der Waals surface area (Å²) in [5.41, 5.74) is 8.32. The summed E-state index contributed by atoms with van der Waals surface area (Å²) in [4.78, 5) is 2.40. The Morgan fingerprint density at radius 1 is 0.255 bits per heavy atom. The number of hydrogen-bond donors (Lipinski definition) is 0. The van der Waals surface area contributed by atoms with Gasteiger partial charge in [0.1, 0.15) is 0 Å². The van der Waals surface area contributed by atoms with Crippen molar-refractivity contribution in [1.29, 1.82) is 0 Å². The van der Waals surface area contributed by atoms with Gasteiger partial charge in [0.2, 0.25) is 0 Å². The van der Waals surface area contributed by atoms with Crippen LogP contribution in [0, 0.1) is 0 Å². The molecule has 0 saturated heterocycles. The first kappa shape index (κ1) is 31.3. The first-order valence-corrected chi connectivity index (χ1v) is 19.0. The van der Waals surface area contributed by atoms with E-state index in [0.29, 0.717) is 0 Å². The molecule has 0 fully saturated rings. The van der Waals surface area contributed by atoms with Crippen LogP contribution in [0.4, 0.5) is 17.1 Å². The van der Waals surface area contributed by atoms with E-state index in [-0.39, 0.29) is 0 Å². The second-order valence-corrected chi connectivity index (χ2v) is 14.5. The molecule has 1 heteroatoms. The fraction of sp³-hybridized carbons (Fsp3) is 0. The van der Waals surface area contributed by atoms with Gasteiger partial charge in [0.15, 0.2) is 0 Å². The van der Waals surface area contributed by atoms with Crippen LogP contribution in [0.2, 0.25) is 0 Å². The molecule has 0 radical (unpaired) electrons. The highest BCUT2D eigenvalue weighted by molar-refractivity contribution is 6.26. The number of rotatable bonds is 5. The summed E-state index contributed by atoms with van der Waals surface area (Å²) in [5, 5.41) is 15.0. The maximum atomic E-state index is 2.41. The molecule has 0 amide bonds. The zero-order valence-electron chi connectivity index (χ0n) is 30.2. The van der Waals surface area contributed by atoms with E-state index >= 15 is 0 Å². The fourth-order valence-electron chi connectivity index (χ4n) is 8.75. The van der Waals surface area contributed by atoms with E-state index in [4.69, 9.17) is 0 Å². The summed E-state index contributed by atoms with van der Waals surface area (Å²) >= 11 is 0. The van der Waals surface area contributed by atoms with Gasteiger partial charge in [0.25, 0.3) is 0 Å². The standard InChI is InChI=1S/C54H35N/c1-3-15-40-32-42(25-24-36(40)12-1)52-35-43-34-51(47-19-7-9-21-49(47)54(43)50-22-10-8-20-48(50)52)39-27-29-44(30-28-39)55(45-31-26-37-13-2-4-16-41(37)33-45)53-23-11-17-38-14-5-6-18-46(38)53/h1-35H. The van der Waals surface area contributed by atoms with Gasteiger partial charge in [-0.2, -0.15) is 0 Å². The monoisotopic (exact) mass is 697 g/mol. The van der Waals surface area contributed by atoms with Gasteiger partial charge < -0.3 is 4.90 Å². The molecule has 0 aliphatic heterocycles. The molecule has 11 rings (SSSR count). The van der Waals surface area contributed by atoms with Crippen molar-refractivity contribution >= 4 is 81.7 Å². The Morgan fingerprint density at radius 3 is 1.40 bits per heavy atom. The molecule has 11 aromatic carbocycles. The highest BCUT2D eigenvalue weighted by Gasteiger charge is 2.18. The maximum Gasteiger partial charge on any atom is 0.0540 e. The third kappa shape index (κ3) is 5.24. The summed E-state index contributed by atoms with van der Waals surface area (Å²) < 4.78 is 0. The van der Waals surface area contributed by atoms with E-state index in [0.717, 1.165) is 17.1 Å². The van der Waals surface area contributed by atoms with Crippen LogP contribution in [0.25, 0.3) is 86.9 Å². The lowest BCUT2D eigenvalue weighted by atomic mass is 9.87. The van der Waals surface area contributed by atoms with Crippen molar-refractivity contribution in [2.45, 2.75) is 0 Å². The van der Waals surface area contributed by atoms with Gasteiger partial charge in [0.05, 0.1) is 5.69 Å². The lowest BCUT2D eigenvalue weighted by Gasteiger charge is -2.27. The number of benzene rings is 11. The van der Waals surface area contributed by atoms with Gasteiger partial charge in [-0.1, -0.05) is 164 Å². The van der Waals surface area contributed by atoms with Crippen LogP contribution in [0.5, 0.6) is 0 Å². The Balaban J connectivity index is 1.10. The lowest BCUT2D eigenvalue weighted by molar-refractivity contribution is 1.30. The van der Waals surface area contributed by atoms with Crippen LogP contribution in [-0.4, -0.2) is 0 Å². The minimum Gasteiger partial charge on any atom is -0.310 e. The number of hydrogen-bond acceptors (Lipinski definition) is 1. The van der Waals surface area contributed by atoms with Crippen molar-refractivity contribution in [3.63, 3.8) is 0 Å². The van der Waals surface area contributed by atoms with Gasteiger partial charge >= 0.3 is 0 Å². The average molecular weight is 698 g/mol. The molecule has 256 valence electrons. The quantitative estimate of drug-likeness (QED) is 0.162. The van der Waals surface area contributed by atoms with Crippen molar-refractivity contribution in [2.24, 2.45) is 0 Å². The van der Waals surface area contributed by atoms with E-state index in [1.54, 1.807) is 0 Å². The smallest absolute Gasteiger partial charge is 0.0540 e. The van der Waals surface area contributed by atoms with Crippen LogP contribution >= 0.6 is 0 Å². The third-order valence-electron chi connectivity index (χ3n) is 11.4. The molecule has 0 saturated carbocycles. The molecule has 0 heterocycles. The molecule has 1 nitrogen and oxygen atoms in total. The highest BCUT2D eigenvalue weighted by Crippen LogP contribution is 2.44. The second kappa shape index (κ2) is 12.7. The van der Waals surface area contributed by atoms with Gasteiger partial charge in [0, 0.05) is 16.8 Å². The first-order chi connectivity index (χ1) is 27.3. The molecule has 0 unspecified atom stereocenters. The molecule has 0 bridgehead atoms. The molecule has 0 atom stereocenters. The molecule has 0 aliphatic carbocycles. The topological polar surface area (TPSA) is 3.24 Å². The summed E-state index contributed by atoms with van der Waals surface area (Å²) in [6, 6.07) is 77.9. The lowest BCUT2D eigenvalue weighted by Crippen LogP contribution is -2.10. The molecule has 0 N–H and O–H groups in total. The van der Waals surface area contributed by atoms with Gasteiger partial charge in [-0.25, -0.2) is 0 Å². The van der Waals surface area contributed by atoms with Crippen molar-refractivity contribution in [3.8, 4) is 22.3 Å². The Kier molecular flexibility index (Phi) is 7.25. The van der Waals surface area contributed by atoms with E-state index < -0.39 is 0 Å². The summed E-state index contributed by atoms with van der Waals surface area (Å²) in [7, 11) is 0.